The van der Waals surface area contributed by atoms with Crippen molar-refractivity contribution < 1.29 is 19.0 Å². The number of hydrogen-bond donors (Lipinski definition) is 2. The maximum Gasteiger partial charge on any atom is 0.267 e. The molecule has 1 unspecified atom stereocenters. The van der Waals surface area contributed by atoms with Crippen LogP contribution in [0.25, 0.3) is 0 Å². The molecule has 0 bridgehead atoms. The monoisotopic (exact) mass is 378 g/mol. The van der Waals surface area contributed by atoms with Crippen molar-refractivity contribution in [3.8, 4) is 36.2 Å². The van der Waals surface area contributed by atoms with Gasteiger partial charge in [-0.25, -0.2) is 5.43 Å². The van der Waals surface area contributed by atoms with Crippen molar-refractivity contribution in [3.63, 3.8) is 0 Å². The summed E-state index contributed by atoms with van der Waals surface area (Å²) in [4.78, 5) is 12.5. The first kappa shape index (κ1) is 20.9. The van der Waals surface area contributed by atoms with Crippen LogP contribution in [0.15, 0.2) is 48.5 Å². The topological polar surface area (TPSA) is 68.8 Å². The van der Waals surface area contributed by atoms with Crippen LogP contribution in [0.5, 0.6) is 11.5 Å². The molecule has 0 spiro atoms. The first-order valence-electron chi connectivity index (χ1n) is 8.55. The van der Waals surface area contributed by atoms with Crippen molar-refractivity contribution in [2.24, 2.45) is 0 Å². The first-order valence-corrected chi connectivity index (χ1v) is 8.55. The van der Waals surface area contributed by atoms with Crippen LogP contribution < -0.4 is 20.3 Å². The second kappa shape index (κ2) is 11.3. The summed E-state index contributed by atoms with van der Waals surface area (Å²) in [6, 6.07) is 14.5. The maximum atomic E-state index is 12.5. The highest BCUT2D eigenvalue weighted by Gasteiger charge is 2.20. The molecule has 6 nitrogen and oxygen atoms in total. The second-order valence-electron chi connectivity index (χ2n) is 5.63. The smallest absolute Gasteiger partial charge is 0.267 e. The Morgan fingerprint density at radius 1 is 1.07 bits per heavy atom. The van der Waals surface area contributed by atoms with E-state index in [0.717, 1.165) is 5.56 Å². The first-order chi connectivity index (χ1) is 13.7. The molecule has 1 amide bonds. The minimum absolute atomic E-state index is 0.0311. The van der Waals surface area contributed by atoms with E-state index >= 15 is 0 Å². The molecule has 2 aromatic carbocycles. The van der Waals surface area contributed by atoms with Gasteiger partial charge < -0.3 is 14.2 Å². The van der Waals surface area contributed by atoms with Crippen LogP contribution in [0.1, 0.15) is 17.2 Å². The van der Waals surface area contributed by atoms with Gasteiger partial charge in [-0.15, -0.1) is 12.8 Å². The lowest BCUT2D eigenvalue weighted by atomic mass is 10.1. The Kier molecular flexibility index (Phi) is 8.42. The Bertz CT molecular complexity index is 853. The van der Waals surface area contributed by atoms with Crippen LogP contribution in [-0.4, -0.2) is 26.2 Å². The van der Waals surface area contributed by atoms with Gasteiger partial charge in [0.05, 0.1) is 7.11 Å². The lowest BCUT2D eigenvalue weighted by Crippen LogP contribution is -2.40. The number of rotatable bonds is 10. The quantitative estimate of drug-likeness (QED) is 0.490. The van der Waals surface area contributed by atoms with E-state index in [1.54, 1.807) is 31.4 Å². The van der Waals surface area contributed by atoms with Crippen molar-refractivity contribution in [3.05, 3.63) is 59.7 Å². The molecule has 6 heteroatoms. The number of amides is 1. The van der Waals surface area contributed by atoms with Crippen molar-refractivity contribution in [2.45, 2.75) is 12.6 Å². The van der Waals surface area contributed by atoms with Gasteiger partial charge in [0.25, 0.3) is 5.91 Å². The molecule has 0 saturated heterocycles. The van der Waals surface area contributed by atoms with Crippen LogP contribution in [-0.2, 0) is 16.1 Å². The number of carbonyl (C=O) groups is 1. The van der Waals surface area contributed by atoms with Crippen molar-refractivity contribution in [1.82, 2.24) is 10.9 Å². The van der Waals surface area contributed by atoms with Crippen LogP contribution >= 0.6 is 0 Å². The molecule has 0 saturated carbocycles. The third kappa shape index (κ3) is 6.07. The number of nitrogens with one attached hydrogen (secondary N) is 2. The molecular weight excluding hydrogens is 356 g/mol. The summed E-state index contributed by atoms with van der Waals surface area (Å²) in [5.41, 5.74) is 7.12. The molecule has 2 aromatic rings. The Labute approximate surface area is 165 Å². The Morgan fingerprint density at radius 3 is 2.50 bits per heavy atom. The van der Waals surface area contributed by atoms with Crippen LogP contribution in [0.2, 0.25) is 0 Å². The van der Waals surface area contributed by atoms with Gasteiger partial charge in [-0.2, -0.15) is 0 Å². The fourth-order valence-corrected chi connectivity index (χ4v) is 2.44. The summed E-state index contributed by atoms with van der Waals surface area (Å²) >= 11 is 0. The average molecular weight is 378 g/mol. The van der Waals surface area contributed by atoms with Crippen LogP contribution in [0.4, 0.5) is 0 Å². The molecule has 1 atom stereocenters. The number of hydrogen-bond acceptors (Lipinski definition) is 5. The van der Waals surface area contributed by atoms with E-state index in [0.29, 0.717) is 23.6 Å². The van der Waals surface area contributed by atoms with Gasteiger partial charge in [0.1, 0.15) is 13.2 Å². The maximum absolute atomic E-state index is 12.5. The Balaban J connectivity index is 1.96. The lowest BCUT2D eigenvalue weighted by molar-refractivity contribution is -0.133. The zero-order valence-corrected chi connectivity index (χ0v) is 15.6. The SMILES string of the molecule is C#CCOc1ccc(CNNC(=O)C(OCC#C)c2ccccc2)cc1OC. The van der Waals surface area contributed by atoms with Crippen LogP contribution in [0, 0.1) is 24.7 Å². The minimum atomic E-state index is -0.807. The number of benzene rings is 2. The van der Waals surface area contributed by atoms with E-state index in [2.05, 4.69) is 22.7 Å². The van der Waals surface area contributed by atoms with Gasteiger partial charge in [0.15, 0.2) is 17.6 Å². The predicted molar refractivity (Wildman–Crippen MR) is 106 cm³/mol. The molecule has 2 rings (SSSR count). The Hall–Kier alpha value is -3.45. The molecular formula is C22H22N2O4. The molecule has 144 valence electrons. The van der Waals surface area contributed by atoms with Gasteiger partial charge in [-0.3, -0.25) is 10.2 Å². The minimum Gasteiger partial charge on any atom is -0.493 e. The summed E-state index contributed by atoms with van der Waals surface area (Å²) in [5.74, 6) is 5.55. The van der Waals surface area contributed by atoms with Gasteiger partial charge in [0.2, 0.25) is 0 Å². The summed E-state index contributed by atoms with van der Waals surface area (Å²) in [7, 11) is 1.55. The second-order valence-corrected chi connectivity index (χ2v) is 5.63. The standard InChI is InChI=1S/C22H22N2O4/c1-4-13-27-19-12-11-17(15-20(19)26-3)16-23-24-22(25)21(28-14-5-2)18-9-7-6-8-10-18/h1-2,6-12,15,21,23H,13-14,16H2,3H3,(H,24,25). The summed E-state index contributed by atoms with van der Waals surface area (Å²) in [5, 5.41) is 0. The molecule has 0 aromatic heterocycles. The van der Waals surface area contributed by atoms with Gasteiger partial charge in [-0.05, 0) is 23.3 Å². The highest BCUT2D eigenvalue weighted by Crippen LogP contribution is 2.27. The number of methoxy groups -OCH3 is 1. The van der Waals surface area contributed by atoms with E-state index in [-0.39, 0.29) is 19.1 Å². The fourth-order valence-electron chi connectivity index (χ4n) is 2.44. The van der Waals surface area contributed by atoms with E-state index in [9.17, 15) is 4.79 Å². The number of terminal acetylenes is 2. The molecule has 0 aliphatic heterocycles. The molecule has 0 aliphatic carbocycles. The lowest BCUT2D eigenvalue weighted by Gasteiger charge is -2.17. The number of carbonyl (C=O) groups excluding carboxylic acids is 1. The predicted octanol–water partition coefficient (Wildman–Crippen LogP) is 2.22. The van der Waals surface area contributed by atoms with Crippen LogP contribution in [0.3, 0.4) is 0 Å². The molecule has 0 fully saturated rings. The normalized spacial score (nSPS) is 11.0. The molecule has 0 aliphatic rings. The molecule has 2 N–H and O–H groups in total. The van der Waals surface area contributed by atoms with Gasteiger partial charge in [0, 0.05) is 6.54 Å². The summed E-state index contributed by atoms with van der Waals surface area (Å²) < 4.78 is 16.2. The van der Waals surface area contributed by atoms with E-state index in [4.69, 9.17) is 27.1 Å². The molecule has 0 radical (unpaired) electrons. The third-order valence-electron chi connectivity index (χ3n) is 3.72. The van der Waals surface area contributed by atoms with E-state index in [1.807, 2.05) is 24.3 Å². The Morgan fingerprint density at radius 2 is 1.82 bits per heavy atom. The van der Waals surface area contributed by atoms with Gasteiger partial charge >= 0.3 is 0 Å². The molecule has 0 heterocycles. The van der Waals surface area contributed by atoms with E-state index in [1.165, 1.54) is 0 Å². The highest BCUT2D eigenvalue weighted by molar-refractivity contribution is 5.81. The highest BCUT2D eigenvalue weighted by atomic mass is 16.5. The van der Waals surface area contributed by atoms with E-state index < -0.39 is 6.10 Å². The van der Waals surface area contributed by atoms with Crippen molar-refractivity contribution >= 4 is 5.91 Å². The molecule has 28 heavy (non-hydrogen) atoms. The zero-order chi connectivity index (χ0) is 20.2. The van der Waals surface area contributed by atoms with Crippen molar-refractivity contribution in [2.75, 3.05) is 20.3 Å². The summed E-state index contributed by atoms with van der Waals surface area (Å²) in [6.07, 6.45) is 9.64. The van der Waals surface area contributed by atoms with Gasteiger partial charge in [-0.1, -0.05) is 48.2 Å². The van der Waals surface area contributed by atoms with Crippen molar-refractivity contribution in [1.29, 1.82) is 0 Å². The fraction of sp³-hybridized carbons (Fsp3) is 0.227. The summed E-state index contributed by atoms with van der Waals surface area (Å²) in [6.45, 7) is 0.556. The largest absolute Gasteiger partial charge is 0.493 e. The average Bonchev–Trinajstić information content (AvgIpc) is 2.73. The number of hydrazine groups is 1. The zero-order valence-electron chi connectivity index (χ0n) is 15.6. The third-order valence-corrected chi connectivity index (χ3v) is 3.72. The number of ether oxygens (including phenoxy) is 3.